The van der Waals surface area contributed by atoms with E-state index in [0.717, 1.165) is 40.7 Å². The average Bonchev–Trinajstić information content (AvgIpc) is 3.44. The summed E-state index contributed by atoms with van der Waals surface area (Å²) in [6.45, 7) is 8.83. The van der Waals surface area contributed by atoms with E-state index < -0.39 is 0 Å². The molecule has 2 heterocycles. The third kappa shape index (κ3) is 2.76. The van der Waals surface area contributed by atoms with Crippen molar-refractivity contribution >= 4 is 17.0 Å². The molecule has 0 fully saturated rings. The number of hydrogen-bond donors (Lipinski definition) is 2. The molecule has 0 saturated heterocycles. The molecule has 0 amide bonds. The predicted octanol–water partition coefficient (Wildman–Crippen LogP) is 7.53. The SMILES string of the molecule is CCc1ccc2c(c1-c1c(C)[nH]c(-c3cc(F)cc4[nH]ccc34)c1C(C)C)C=CC2. The van der Waals surface area contributed by atoms with Gasteiger partial charge in [0.1, 0.15) is 5.82 Å². The first-order chi connectivity index (χ1) is 14.5. The van der Waals surface area contributed by atoms with Crippen LogP contribution in [0.5, 0.6) is 0 Å². The van der Waals surface area contributed by atoms with Crippen molar-refractivity contribution in [3.05, 3.63) is 76.4 Å². The van der Waals surface area contributed by atoms with Gasteiger partial charge in [-0.3, -0.25) is 0 Å². The van der Waals surface area contributed by atoms with E-state index in [2.05, 4.69) is 61.9 Å². The van der Waals surface area contributed by atoms with E-state index in [9.17, 15) is 4.39 Å². The molecule has 2 nitrogen and oxygen atoms in total. The van der Waals surface area contributed by atoms with Crippen molar-refractivity contribution in [2.24, 2.45) is 0 Å². The fraction of sp³-hybridized carbons (Fsp3) is 0.259. The van der Waals surface area contributed by atoms with Crippen molar-refractivity contribution in [2.45, 2.75) is 46.5 Å². The van der Waals surface area contributed by atoms with Gasteiger partial charge in [0.2, 0.25) is 0 Å². The van der Waals surface area contributed by atoms with E-state index in [1.54, 1.807) is 12.1 Å². The van der Waals surface area contributed by atoms with Gasteiger partial charge in [-0.15, -0.1) is 0 Å². The minimum Gasteiger partial charge on any atom is -0.361 e. The quantitative estimate of drug-likeness (QED) is 0.356. The Kier molecular flexibility index (Phi) is 4.43. The standard InChI is InChI=1S/C27H27FN2/c1-5-17-9-10-18-7-6-8-20(18)26(17)25-16(4)30-27(24(25)15(2)3)22-13-19(28)14-23-21(22)11-12-29-23/h6,8-15,29-30H,5,7H2,1-4H3. The van der Waals surface area contributed by atoms with Crippen LogP contribution >= 0.6 is 0 Å². The molecule has 0 atom stereocenters. The van der Waals surface area contributed by atoms with Crippen LogP contribution in [0, 0.1) is 12.7 Å². The number of hydrogen-bond acceptors (Lipinski definition) is 0. The first kappa shape index (κ1) is 18.9. The van der Waals surface area contributed by atoms with E-state index in [0.29, 0.717) is 5.92 Å². The lowest BCUT2D eigenvalue weighted by Gasteiger charge is -2.18. The smallest absolute Gasteiger partial charge is 0.125 e. The zero-order valence-corrected chi connectivity index (χ0v) is 18.0. The normalized spacial score (nSPS) is 13.0. The topological polar surface area (TPSA) is 31.6 Å². The molecule has 5 rings (SSSR count). The van der Waals surface area contributed by atoms with Crippen LogP contribution in [-0.2, 0) is 12.8 Å². The number of aryl methyl sites for hydroxylation is 2. The second kappa shape index (κ2) is 7.02. The van der Waals surface area contributed by atoms with Gasteiger partial charge in [0.25, 0.3) is 0 Å². The van der Waals surface area contributed by atoms with Crippen LogP contribution < -0.4 is 0 Å². The van der Waals surface area contributed by atoms with Crippen LogP contribution in [0.25, 0.3) is 39.4 Å². The minimum atomic E-state index is -0.221. The highest BCUT2D eigenvalue weighted by molar-refractivity contribution is 5.98. The molecule has 0 saturated carbocycles. The predicted molar refractivity (Wildman–Crippen MR) is 124 cm³/mol. The zero-order valence-electron chi connectivity index (χ0n) is 18.0. The Hall–Kier alpha value is -3.07. The molecule has 0 radical (unpaired) electrons. The Labute approximate surface area is 176 Å². The molecule has 0 aliphatic heterocycles. The number of allylic oxidation sites excluding steroid dienone is 1. The Morgan fingerprint density at radius 3 is 2.70 bits per heavy atom. The molecule has 3 heteroatoms. The van der Waals surface area contributed by atoms with Gasteiger partial charge in [-0.05, 0) is 71.7 Å². The van der Waals surface area contributed by atoms with Crippen molar-refractivity contribution in [1.82, 2.24) is 9.97 Å². The minimum absolute atomic E-state index is 0.221. The van der Waals surface area contributed by atoms with E-state index in [1.807, 2.05) is 12.3 Å². The summed E-state index contributed by atoms with van der Waals surface area (Å²) in [7, 11) is 0. The summed E-state index contributed by atoms with van der Waals surface area (Å²) in [4.78, 5) is 6.82. The Morgan fingerprint density at radius 2 is 1.93 bits per heavy atom. The number of nitrogens with one attached hydrogen (secondary N) is 2. The molecular weight excluding hydrogens is 371 g/mol. The monoisotopic (exact) mass is 398 g/mol. The number of halogens is 1. The molecule has 2 aromatic carbocycles. The molecular formula is C27H27FN2. The van der Waals surface area contributed by atoms with Crippen LogP contribution in [0.1, 0.15) is 54.6 Å². The van der Waals surface area contributed by atoms with Crippen molar-refractivity contribution in [3.63, 3.8) is 0 Å². The van der Waals surface area contributed by atoms with Gasteiger partial charge in [-0.1, -0.05) is 45.1 Å². The highest BCUT2D eigenvalue weighted by Gasteiger charge is 2.26. The van der Waals surface area contributed by atoms with Gasteiger partial charge >= 0.3 is 0 Å². The summed E-state index contributed by atoms with van der Waals surface area (Å²) in [5.41, 5.74) is 11.9. The van der Waals surface area contributed by atoms with E-state index >= 15 is 0 Å². The van der Waals surface area contributed by atoms with Crippen molar-refractivity contribution in [3.8, 4) is 22.4 Å². The van der Waals surface area contributed by atoms with Gasteiger partial charge in [0.15, 0.2) is 0 Å². The summed E-state index contributed by atoms with van der Waals surface area (Å²) in [6, 6.07) is 9.81. The Morgan fingerprint density at radius 1 is 1.10 bits per heavy atom. The molecule has 2 aromatic heterocycles. The van der Waals surface area contributed by atoms with E-state index in [4.69, 9.17) is 0 Å². The van der Waals surface area contributed by atoms with E-state index in [1.165, 1.54) is 33.4 Å². The van der Waals surface area contributed by atoms with Crippen LogP contribution in [0.2, 0.25) is 0 Å². The number of benzene rings is 2. The third-order valence-electron chi connectivity index (χ3n) is 6.38. The number of H-pyrrole nitrogens is 2. The largest absolute Gasteiger partial charge is 0.361 e. The Balaban J connectivity index is 1.86. The fourth-order valence-corrected chi connectivity index (χ4v) is 5.06. The number of fused-ring (bicyclic) bond motifs is 2. The molecule has 0 spiro atoms. The third-order valence-corrected chi connectivity index (χ3v) is 6.38. The van der Waals surface area contributed by atoms with Gasteiger partial charge in [-0.2, -0.15) is 0 Å². The van der Waals surface area contributed by atoms with Gasteiger partial charge in [-0.25, -0.2) is 4.39 Å². The molecule has 1 aliphatic rings. The molecule has 1 aliphatic carbocycles. The molecule has 4 aromatic rings. The van der Waals surface area contributed by atoms with Crippen molar-refractivity contribution < 1.29 is 4.39 Å². The summed E-state index contributed by atoms with van der Waals surface area (Å²) >= 11 is 0. The second-order valence-electron chi connectivity index (χ2n) is 8.59. The molecule has 2 N–H and O–H groups in total. The molecule has 152 valence electrons. The van der Waals surface area contributed by atoms with Crippen molar-refractivity contribution in [1.29, 1.82) is 0 Å². The van der Waals surface area contributed by atoms with Gasteiger partial charge in [0, 0.05) is 33.9 Å². The summed E-state index contributed by atoms with van der Waals surface area (Å²) in [5.74, 6) is 0.0735. The number of aromatic nitrogens is 2. The highest BCUT2D eigenvalue weighted by Crippen LogP contribution is 2.45. The maximum atomic E-state index is 14.5. The lowest BCUT2D eigenvalue weighted by Crippen LogP contribution is -1.99. The van der Waals surface area contributed by atoms with Gasteiger partial charge < -0.3 is 9.97 Å². The molecule has 0 unspecified atom stereocenters. The first-order valence-corrected chi connectivity index (χ1v) is 10.8. The molecule has 0 bridgehead atoms. The molecule has 30 heavy (non-hydrogen) atoms. The lowest BCUT2D eigenvalue weighted by molar-refractivity contribution is 0.630. The van der Waals surface area contributed by atoms with Crippen LogP contribution in [0.15, 0.2) is 42.6 Å². The van der Waals surface area contributed by atoms with E-state index in [-0.39, 0.29) is 5.82 Å². The van der Waals surface area contributed by atoms with Crippen LogP contribution in [0.4, 0.5) is 4.39 Å². The van der Waals surface area contributed by atoms with Gasteiger partial charge in [0.05, 0.1) is 5.69 Å². The summed E-state index contributed by atoms with van der Waals surface area (Å²) in [5, 5.41) is 1.04. The second-order valence-corrected chi connectivity index (χ2v) is 8.59. The highest BCUT2D eigenvalue weighted by atomic mass is 19.1. The van der Waals surface area contributed by atoms with Crippen molar-refractivity contribution in [2.75, 3.05) is 0 Å². The number of rotatable bonds is 4. The first-order valence-electron chi connectivity index (χ1n) is 10.8. The summed E-state index contributed by atoms with van der Waals surface area (Å²) < 4.78 is 14.5. The number of aromatic amines is 2. The maximum Gasteiger partial charge on any atom is 0.125 e. The Bertz CT molecular complexity index is 1300. The summed E-state index contributed by atoms with van der Waals surface area (Å²) in [6.07, 6.45) is 8.38. The van der Waals surface area contributed by atoms with Crippen LogP contribution in [-0.4, -0.2) is 9.97 Å². The lowest BCUT2D eigenvalue weighted by atomic mass is 9.85. The average molecular weight is 399 g/mol. The van der Waals surface area contributed by atoms with Crippen LogP contribution in [0.3, 0.4) is 0 Å². The fourth-order valence-electron chi connectivity index (χ4n) is 5.06. The zero-order chi connectivity index (χ0) is 21.0. The maximum absolute atomic E-state index is 14.5.